The molecule has 0 radical (unpaired) electrons. The summed E-state index contributed by atoms with van der Waals surface area (Å²) >= 11 is 1.66. The lowest BCUT2D eigenvalue weighted by atomic mass is 10.1. The van der Waals surface area contributed by atoms with E-state index in [1.54, 1.807) is 11.9 Å². The lowest BCUT2D eigenvalue weighted by Gasteiger charge is -2.07. The third-order valence-electron chi connectivity index (χ3n) is 3.12. The van der Waals surface area contributed by atoms with Gasteiger partial charge in [-0.15, -0.1) is 0 Å². The Hall–Kier alpha value is -1.45. The molecule has 1 aliphatic rings. The van der Waals surface area contributed by atoms with Crippen LogP contribution in [0, 0.1) is 0 Å². The molecular formula is C15H16N2S. The molecule has 18 heavy (non-hydrogen) atoms. The Bertz CT molecular complexity index is 539. The second-order valence-corrected chi connectivity index (χ2v) is 5.55. The van der Waals surface area contributed by atoms with Crippen molar-refractivity contribution in [2.24, 2.45) is 0 Å². The van der Waals surface area contributed by atoms with E-state index in [1.165, 1.54) is 21.7 Å². The van der Waals surface area contributed by atoms with Crippen molar-refractivity contribution in [1.29, 1.82) is 0 Å². The topological polar surface area (TPSA) is 15.3 Å². The fourth-order valence-corrected chi connectivity index (χ4v) is 2.89. The van der Waals surface area contributed by atoms with Crippen molar-refractivity contribution in [2.45, 2.75) is 18.0 Å². The smallest absolute Gasteiger partial charge is 0.0446 e. The van der Waals surface area contributed by atoms with Gasteiger partial charge in [-0.25, -0.2) is 0 Å². The number of anilines is 1. The molecular weight excluding hydrogens is 240 g/mol. The summed E-state index contributed by atoms with van der Waals surface area (Å²) in [5.41, 5.74) is 4.07. The summed E-state index contributed by atoms with van der Waals surface area (Å²) in [6.45, 7) is 2.13. The standard InChI is InChI=1S/C15H16N2S/c1-17-10-12-7-8-14(9-13(12)11-17)16-18-15-5-3-2-4-6-15/h2-9,16H,10-11H2,1H3. The summed E-state index contributed by atoms with van der Waals surface area (Å²) in [5.74, 6) is 0. The fraction of sp³-hybridized carbons (Fsp3) is 0.200. The van der Waals surface area contributed by atoms with Crippen molar-refractivity contribution in [2.75, 3.05) is 11.8 Å². The van der Waals surface area contributed by atoms with Crippen molar-refractivity contribution in [1.82, 2.24) is 4.90 Å². The van der Waals surface area contributed by atoms with Gasteiger partial charge in [0.05, 0.1) is 0 Å². The predicted octanol–water partition coefficient (Wildman–Crippen LogP) is 3.75. The van der Waals surface area contributed by atoms with E-state index in [9.17, 15) is 0 Å². The minimum Gasteiger partial charge on any atom is -0.326 e. The van der Waals surface area contributed by atoms with Crippen LogP contribution in [0.25, 0.3) is 0 Å². The summed E-state index contributed by atoms with van der Waals surface area (Å²) in [6.07, 6.45) is 0. The zero-order valence-electron chi connectivity index (χ0n) is 10.4. The van der Waals surface area contributed by atoms with E-state index in [1.807, 2.05) is 6.07 Å². The first kappa shape index (κ1) is 11.6. The quantitative estimate of drug-likeness (QED) is 0.842. The lowest BCUT2D eigenvalue weighted by Crippen LogP contribution is -2.07. The molecule has 92 valence electrons. The maximum Gasteiger partial charge on any atom is 0.0446 e. The van der Waals surface area contributed by atoms with Gasteiger partial charge >= 0.3 is 0 Å². The zero-order chi connectivity index (χ0) is 12.4. The Morgan fingerprint density at radius 2 is 1.78 bits per heavy atom. The molecule has 0 fully saturated rings. The minimum atomic E-state index is 1.06. The Labute approximate surface area is 112 Å². The highest BCUT2D eigenvalue weighted by molar-refractivity contribution is 8.00. The average Bonchev–Trinajstić information content (AvgIpc) is 2.77. The molecule has 0 bridgehead atoms. The van der Waals surface area contributed by atoms with E-state index >= 15 is 0 Å². The number of rotatable bonds is 3. The van der Waals surface area contributed by atoms with Crippen molar-refractivity contribution in [3.63, 3.8) is 0 Å². The van der Waals surface area contributed by atoms with Crippen LogP contribution in [0.15, 0.2) is 53.4 Å². The SMILES string of the molecule is CN1Cc2ccc(NSc3ccccc3)cc2C1. The van der Waals surface area contributed by atoms with E-state index in [-0.39, 0.29) is 0 Å². The monoisotopic (exact) mass is 256 g/mol. The first-order valence-corrected chi connectivity index (χ1v) is 6.91. The zero-order valence-corrected chi connectivity index (χ0v) is 11.2. The van der Waals surface area contributed by atoms with Crippen LogP contribution in [0.3, 0.4) is 0 Å². The number of hydrogen-bond donors (Lipinski definition) is 1. The van der Waals surface area contributed by atoms with Crippen LogP contribution < -0.4 is 4.72 Å². The molecule has 0 unspecified atom stereocenters. The van der Waals surface area contributed by atoms with Gasteiger partial charge in [0.15, 0.2) is 0 Å². The molecule has 3 heteroatoms. The highest BCUT2D eigenvalue weighted by Gasteiger charge is 2.15. The van der Waals surface area contributed by atoms with Crippen molar-refractivity contribution >= 4 is 17.6 Å². The van der Waals surface area contributed by atoms with E-state index in [4.69, 9.17) is 0 Å². The van der Waals surface area contributed by atoms with Crippen molar-refractivity contribution in [3.8, 4) is 0 Å². The fourth-order valence-electron chi connectivity index (χ4n) is 2.23. The molecule has 0 saturated heterocycles. The predicted molar refractivity (Wildman–Crippen MR) is 77.5 cm³/mol. The summed E-state index contributed by atoms with van der Waals surface area (Å²) < 4.78 is 3.40. The molecule has 2 aromatic carbocycles. The van der Waals surface area contributed by atoms with Gasteiger partial charge in [-0.3, -0.25) is 4.90 Å². The van der Waals surface area contributed by atoms with Gasteiger partial charge in [-0.2, -0.15) is 0 Å². The number of hydrogen-bond acceptors (Lipinski definition) is 3. The van der Waals surface area contributed by atoms with Crippen LogP contribution in [-0.2, 0) is 13.1 Å². The summed E-state index contributed by atoms with van der Waals surface area (Å²) in [4.78, 5) is 3.56. The number of fused-ring (bicyclic) bond motifs is 1. The van der Waals surface area contributed by atoms with Crippen LogP contribution in [0.1, 0.15) is 11.1 Å². The number of nitrogens with zero attached hydrogens (tertiary/aromatic N) is 1. The molecule has 3 rings (SSSR count). The molecule has 0 saturated carbocycles. The van der Waals surface area contributed by atoms with Gasteiger partial charge in [-0.05, 0) is 54.4 Å². The van der Waals surface area contributed by atoms with E-state index in [2.05, 4.69) is 59.1 Å². The highest BCUT2D eigenvalue weighted by Crippen LogP contribution is 2.27. The van der Waals surface area contributed by atoms with Gasteiger partial charge in [-0.1, -0.05) is 24.3 Å². The maximum atomic E-state index is 3.40. The van der Waals surface area contributed by atoms with Crippen LogP contribution in [-0.4, -0.2) is 11.9 Å². The summed E-state index contributed by atoms with van der Waals surface area (Å²) in [5, 5.41) is 0. The lowest BCUT2D eigenvalue weighted by molar-refractivity contribution is 0.353. The second kappa shape index (κ2) is 5.04. The molecule has 1 heterocycles. The second-order valence-electron chi connectivity index (χ2n) is 4.67. The van der Waals surface area contributed by atoms with Crippen LogP contribution in [0.2, 0.25) is 0 Å². The average molecular weight is 256 g/mol. The minimum absolute atomic E-state index is 1.06. The third kappa shape index (κ3) is 2.52. The van der Waals surface area contributed by atoms with Gasteiger partial charge in [0.25, 0.3) is 0 Å². The van der Waals surface area contributed by atoms with Crippen LogP contribution >= 0.6 is 11.9 Å². The summed E-state index contributed by atoms with van der Waals surface area (Å²) in [7, 11) is 2.16. The largest absolute Gasteiger partial charge is 0.326 e. The number of nitrogens with one attached hydrogen (secondary N) is 1. The summed E-state index contributed by atoms with van der Waals surface area (Å²) in [6, 6.07) is 17.0. The van der Waals surface area contributed by atoms with Crippen LogP contribution in [0.4, 0.5) is 5.69 Å². The molecule has 0 aliphatic carbocycles. The van der Waals surface area contributed by atoms with Gasteiger partial charge in [0.2, 0.25) is 0 Å². The molecule has 0 aromatic heterocycles. The van der Waals surface area contributed by atoms with Gasteiger partial charge < -0.3 is 4.72 Å². The molecule has 2 nitrogen and oxygen atoms in total. The first-order chi connectivity index (χ1) is 8.81. The van der Waals surface area contributed by atoms with Gasteiger partial charge in [0, 0.05) is 23.7 Å². The Kier molecular flexibility index (Phi) is 3.26. The van der Waals surface area contributed by atoms with Gasteiger partial charge in [0.1, 0.15) is 0 Å². The van der Waals surface area contributed by atoms with Crippen molar-refractivity contribution < 1.29 is 0 Å². The van der Waals surface area contributed by atoms with E-state index in [0.29, 0.717) is 0 Å². The van der Waals surface area contributed by atoms with Crippen LogP contribution in [0.5, 0.6) is 0 Å². The Morgan fingerprint density at radius 3 is 2.61 bits per heavy atom. The highest BCUT2D eigenvalue weighted by atomic mass is 32.2. The molecule has 2 aromatic rings. The van der Waals surface area contributed by atoms with E-state index < -0.39 is 0 Å². The normalized spacial score (nSPS) is 14.5. The molecule has 0 amide bonds. The maximum absolute atomic E-state index is 3.40. The van der Waals surface area contributed by atoms with E-state index in [0.717, 1.165) is 13.1 Å². The first-order valence-electron chi connectivity index (χ1n) is 6.09. The Balaban J connectivity index is 1.69. The molecule has 1 N–H and O–H groups in total. The van der Waals surface area contributed by atoms with Crippen molar-refractivity contribution in [3.05, 3.63) is 59.7 Å². The molecule has 0 spiro atoms. The Morgan fingerprint density at radius 1 is 1.00 bits per heavy atom. The molecule has 0 atom stereocenters. The third-order valence-corrected chi connectivity index (χ3v) is 3.96. The molecule has 1 aliphatic heterocycles. The number of benzene rings is 2.